The van der Waals surface area contributed by atoms with E-state index in [1.54, 1.807) is 30.3 Å². The average molecular weight is 309 g/mol. The lowest BCUT2D eigenvalue weighted by Gasteiger charge is -2.05. The highest BCUT2D eigenvalue weighted by atomic mass is 35.5. The van der Waals surface area contributed by atoms with E-state index >= 15 is 0 Å². The van der Waals surface area contributed by atoms with Gasteiger partial charge in [-0.15, -0.1) is 0 Å². The van der Waals surface area contributed by atoms with Crippen LogP contribution in [0.15, 0.2) is 48.7 Å². The van der Waals surface area contributed by atoms with Gasteiger partial charge in [0.25, 0.3) is 0 Å². The molecule has 0 unspecified atom stereocenters. The van der Waals surface area contributed by atoms with Crippen LogP contribution in [0.3, 0.4) is 0 Å². The molecule has 2 rings (SSSR count). The van der Waals surface area contributed by atoms with Crippen molar-refractivity contribution >= 4 is 29.4 Å². The first-order valence-corrected chi connectivity index (χ1v) is 6.37. The van der Waals surface area contributed by atoms with Crippen molar-refractivity contribution in [3.63, 3.8) is 0 Å². The smallest absolute Gasteiger partial charge is 0.314 e. The summed E-state index contributed by atoms with van der Waals surface area (Å²) in [5, 5.41) is 5.30. The topological polar surface area (TPSA) is 41.1 Å². The van der Waals surface area contributed by atoms with Gasteiger partial charge in [-0.1, -0.05) is 23.7 Å². The Kier molecular flexibility index (Phi) is 4.90. The van der Waals surface area contributed by atoms with Crippen molar-refractivity contribution in [2.45, 2.75) is 0 Å². The molecule has 0 aliphatic rings. The molecule has 21 heavy (non-hydrogen) atoms. The Labute approximate surface area is 125 Å². The van der Waals surface area contributed by atoms with Crippen molar-refractivity contribution < 1.29 is 13.6 Å². The molecule has 2 N–H and O–H groups in total. The summed E-state index contributed by atoms with van der Waals surface area (Å²) in [5.74, 6) is -1.55. The number of amides is 2. The van der Waals surface area contributed by atoms with Gasteiger partial charge in [-0.2, -0.15) is 0 Å². The van der Waals surface area contributed by atoms with E-state index in [0.717, 1.165) is 17.7 Å². The van der Waals surface area contributed by atoms with Crippen LogP contribution in [0.4, 0.5) is 19.3 Å². The van der Waals surface area contributed by atoms with Crippen LogP contribution in [-0.4, -0.2) is 6.03 Å². The second kappa shape index (κ2) is 6.85. The molecule has 108 valence electrons. The monoisotopic (exact) mass is 308 g/mol. The van der Waals surface area contributed by atoms with Crippen LogP contribution in [0, 0.1) is 11.6 Å². The molecule has 0 saturated heterocycles. The van der Waals surface area contributed by atoms with Crippen molar-refractivity contribution in [1.82, 2.24) is 5.32 Å². The number of carbonyl (C=O) groups excluding carboxylic acids is 1. The fourth-order valence-electron chi connectivity index (χ4n) is 1.54. The van der Waals surface area contributed by atoms with Gasteiger partial charge in [0.15, 0.2) is 0 Å². The minimum atomic E-state index is -0.841. The van der Waals surface area contributed by atoms with Crippen molar-refractivity contribution in [3.05, 3.63) is 70.9 Å². The van der Waals surface area contributed by atoms with Crippen LogP contribution in [-0.2, 0) is 0 Å². The molecule has 0 aliphatic carbocycles. The predicted molar refractivity (Wildman–Crippen MR) is 79.0 cm³/mol. The number of rotatable bonds is 3. The standard InChI is InChI=1S/C15H11ClF2N2O/c16-11-3-1-10(2-4-11)7-8-19-15(21)20-14-6-5-12(17)9-13(14)18/h1-9H,(H2,19,20,21)/b8-7+. The SMILES string of the molecule is O=C(N/C=C/c1ccc(Cl)cc1)Nc1ccc(F)cc1F. The number of carbonyl (C=O) groups is 1. The predicted octanol–water partition coefficient (Wildman–Crippen LogP) is 4.41. The van der Waals surface area contributed by atoms with Crippen LogP contribution in [0.2, 0.25) is 5.02 Å². The highest BCUT2D eigenvalue weighted by Gasteiger charge is 2.06. The van der Waals surface area contributed by atoms with Gasteiger partial charge in [-0.3, -0.25) is 0 Å². The van der Waals surface area contributed by atoms with Gasteiger partial charge in [0.1, 0.15) is 11.6 Å². The van der Waals surface area contributed by atoms with Gasteiger partial charge in [-0.25, -0.2) is 13.6 Å². The molecule has 0 heterocycles. The average Bonchev–Trinajstić information content (AvgIpc) is 2.44. The number of urea groups is 1. The Hall–Kier alpha value is -2.40. The molecular formula is C15H11ClF2N2O. The molecule has 2 aromatic rings. The van der Waals surface area contributed by atoms with E-state index in [1.807, 2.05) is 0 Å². The van der Waals surface area contributed by atoms with Crippen molar-refractivity contribution in [2.75, 3.05) is 5.32 Å². The largest absolute Gasteiger partial charge is 0.323 e. The summed E-state index contributed by atoms with van der Waals surface area (Å²) in [4.78, 5) is 11.5. The molecule has 0 atom stereocenters. The quantitative estimate of drug-likeness (QED) is 0.866. The molecule has 2 aromatic carbocycles. The van der Waals surface area contributed by atoms with Gasteiger partial charge < -0.3 is 10.6 Å². The van der Waals surface area contributed by atoms with Gasteiger partial charge in [0.2, 0.25) is 0 Å². The lowest BCUT2D eigenvalue weighted by Crippen LogP contribution is -2.24. The van der Waals surface area contributed by atoms with E-state index in [0.29, 0.717) is 11.1 Å². The molecule has 2 amide bonds. The molecule has 0 aromatic heterocycles. The minimum Gasteiger partial charge on any atom is -0.314 e. The summed E-state index contributed by atoms with van der Waals surface area (Å²) < 4.78 is 26.0. The fraction of sp³-hybridized carbons (Fsp3) is 0. The van der Waals surface area contributed by atoms with Crippen LogP contribution in [0.1, 0.15) is 5.56 Å². The number of anilines is 1. The third-order valence-electron chi connectivity index (χ3n) is 2.54. The van der Waals surface area contributed by atoms with E-state index in [1.165, 1.54) is 6.20 Å². The zero-order valence-corrected chi connectivity index (χ0v) is 11.5. The molecule has 0 spiro atoms. The van der Waals surface area contributed by atoms with E-state index in [4.69, 9.17) is 11.6 Å². The van der Waals surface area contributed by atoms with Crippen LogP contribution >= 0.6 is 11.6 Å². The van der Waals surface area contributed by atoms with Gasteiger partial charge in [0.05, 0.1) is 5.69 Å². The first-order valence-electron chi connectivity index (χ1n) is 5.99. The molecule has 0 saturated carbocycles. The van der Waals surface area contributed by atoms with Crippen LogP contribution < -0.4 is 10.6 Å². The van der Waals surface area contributed by atoms with Gasteiger partial charge in [-0.05, 0) is 35.9 Å². The third-order valence-corrected chi connectivity index (χ3v) is 2.79. The number of benzene rings is 2. The highest BCUT2D eigenvalue weighted by Crippen LogP contribution is 2.14. The zero-order chi connectivity index (χ0) is 15.2. The van der Waals surface area contributed by atoms with Crippen molar-refractivity contribution in [3.8, 4) is 0 Å². The Morgan fingerprint density at radius 3 is 2.48 bits per heavy atom. The molecule has 0 aliphatic heterocycles. The normalized spacial score (nSPS) is 10.6. The van der Waals surface area contributed by atoms with Gasteiger partial charge >= 0.3 is 6.03 Å². The third kappa shape index (κ3) is 4.57. The molecule has 0 fully saturated rings. The maximum Gasteiger partial charge on any atom is 0.323 e. The van der Waals surface area contributed by atoms with Crippen molar-refractivity contribution in [2.24, 2.45) is 0 Å². The van der Waals surface area contributed by atoms with E-state index in [9.17, 15) is 13.6 Å². The Bertz CT molecular complexity index is 672. The molecule has 0 radical (unpaired) electrons. The number of halogens is 3. The van der Waals surface area contributed by atoms with E-state index < -0.39 is 17.7 Å². The zero-order valence-electron chi connectivity index (χ0n) is 10.7. The maximum absolute atomic E-state index is 13.3. The van der Waals surface area contributed by atoms with Gasteiger partial charge in [0, 0.05) is 17.3 Å². The number of nitrogens with one attached hydrogen (secondary N) is 2. The summed E-state index contributed by atoms with van der Waals surface area (Å²) in [6.45, 7) is 0. The molecule has 6 heteroatoms. The molecule has 3 nitrogen and oxygen atoms in total. The van der Waals surface area contributed by atoms with E-state index in [-0.39, 0.29) is 5.69 Å². The number of hydrogen-bond acceptors (Lipinski definition) is 1. The first-order chi connectivity index (χ1) is 10.0. The summed E-state index contributed by atoms with van der Waals surface area (Å²) >= 11 is 5.75. The molecule has 0 bridgehead atoms. The Morgan fingerprint density at radius 2 is 1.81 bits per heavy atom. The van der Waals surface area contributed by atoms with Crippen molar-refractivity contribution in [1.29, 1.82) is 0 Å². The van der Waals surface area contributed by atoms with Crippen LogP contribution in [0.25, 0.3) is 6.08 Å². The number of hydrogen-bond donors (Lipinski definition) is 2. The lowest BCUT2D eigenvalue weighted by molar-refractivity contribution is 0.255. The second-order valence-corrected chi connectivity index (χ2v) is 4.54. The van der Waals surface area contributed by atoms with Crippen LogP contribution in [0.5, 0.6) is 0 Å². The summed E-state index contributed by atoms with van der Waals surface area (Å²) in [5.41, 5.74) is 0.737. The highest BCUT2D eigenvalue weighted by molar-refractivity contribution is 6.30. The Balaban J connectivity index is 1.91. The first kappa shape index (κ1) is 15.0. The lowest BCUT2D eigenvalue weighted by atomic mass is 10.2. The second-order valence-electron chi connectivity index (χ2n) is 4.11. The molecular weight excluding hydrogens is 298 g/mol. The summed E-state index contributed by atoms with van der Waals surface area (Å²) in [6.07, 6.45) is 3.05. The summed E-state index contributed by atoms with van der Waals surface area (Å²) in [6, 6.07) is 9.25. The summed E-state index contributed by atoms with van der Waals surface area (Å²) in [7, 11) is 0. The minimum absolute atomic E-state index is 0.103. The van der Waals surface area contributed by atoms with E-state index in [2.05, 4.69) is 10.6 Å². The maximum atomic E-state index is 13.3. The Morgan fingerprint density at radius 1 is 1.10 bits per heavy atom. The fourth-order valence-corrected chi connectivity index (χ4v) is 1.66.